The molecule has 0 aromatic heterocycles. The minimum atomic E-state index is -2.11. The van der Waals surface area contributed by atoms with Crippen molar-refractivity contribution in [2.75, 3.05) is 40.3 Å². The standard InChI is InChI=1S/C53H100N2O9Si3/c1-18-45(63-66(22-5,23-6)24-7)43(13)50-46(59-50)40-52(14,64-67(25-8,26-9)27-10)33-28-29-41(11)49-42(12)30-31-47(60-51(57)55-37-35-54(16)36-38-55)53(15,58-17)34-32-44(39-48(56)61-49)62-65(19-2,20-3)21-4/h28-31,33,42-47,49-50H,18-27,32,34-40H2,1-17H3/b31-30-,33-28+,41-29+. The molecule has 0 aromatic carbocycles. The van der Waals surface area contributed by atoms with Gasteiger partial charge in [0, 0.05) is 57.6 Å². The summed E-state index contributed by atoms with van der Waals surface area (Å²) >= 11 is 0. The molecule has 2 saturated heterocycles. The maximum Gasteiger partial charge on any atom is 0.410 e. The van der Waals surface area contributed by atoms with E-state index in [1.54, 1.807) is 12.0 Å². The Morgan fingerprint density at radius 3 is 1.99 bits per heavy atom. The summed E-state index contributed by atoms with van der Waals surface area (Å²) in [6.07, 6.45) is 11.9. The highest BCUT2D eigenvalue weighted by Crippen LogP contribution is 2.43. The molecule has 10 unspecified atom stereocenters. The molecule has 3 rings (SSSR count). The van der Waals surface area contributed by atoms with Crippen LogP contribution in [0.1, 0.15) is 136 Å². The Balaban J connectivity index is 2.03. The Morgan fingerprint density at radius 1 is 0.896 bits per heavy atom. The molecular weight excluding hydrogens is 893 g/mol. The SMILES string of the molecule is CCC(O[Si](CC)(CC)CC)C(C)C1OC1CC(C)(/C=C/C=C(\C)C1OC(=O)CC(O[Si](CC)(CC)CC)CCC(C)(OC)C(OC(=O)N2CCN(C)CC2)/C=C\C1C)O[Si](CC)(CC)CC. The molecule has 3 aliphatic heterocycles. The van der Waals surface area contributed by atoms with Gasteiger partial charge in [-0.25, -0.2) is 4.79 Å². The molecule has 3 aliphatic rings. The molecule has 67 heavy (non-hydrogen) atoms. The number of cyclic esters (lactones) is 1. The summed E-state index contributed by atoms with van der Waals surface area (Å²) in [6.45, 7) is 36.1. The van der Waals surface area contributed by atoms with E-state index in [0.717, 1.165) is 85.9 Å². The Hall–Kier alpha value is -1.63. The highest BCUT2D eigenvalue weighted by molar-refractivity contribution is 6.74. The first-order chi connectivity index (χ1) is 31.7. The third-order valence-corrected chi connectivity index (χ3v) is 30.9. The van der Waals surface area contributed by atoms with Gasteiger partial charge in [0.15, 0.2) is 31.1 Å². The van der Waals surface area contributed by atoms with Crippen molar-refractivity contribution in [3.8, 4) is 0 Å². The monoisotopic (exact) mass is 993 g/mol. The molecule has 0 N–H and O–H groups in total. The van der Waals surface area contributed by atoms with Gasteiger partial charge in [-0.3, -0.25) is 4.79 Å². The van der Waals surface area contributed by atoms with Crippen LogP contribution in [0.3, 0.4) is 0 Å². The lowest BCUT2D eigenvalue weighted by atomic mass is 9.88. The van der Waals surface area contributed by atoms with Crippen LogP contribution in [0.15, 0.2) is 36.0 Å². The van der Waals surface area contributed by atoms with Crippen LogP contribution in [0.5, 0.6) is 0 Å². The van der Waals surface area contributed by atoms with Crippen LogP contribution in [0, 0.1) is 11.8 Å². The van der Waals surface area contributed by atoms with E-state index in [2.05, 4.69) is 120 Å². The Labute approximate surface area is 413 Å². The van der Waals surface area contributed by atoms with Crippen molar-refractivity contribution in [1.82, 2.24) is 9.80 Å². The molecule has 3 heterocycles. The highest BCUT2D eigenvalue weighted by atomic mass is 28.4. The van der Waals surface area contributed by atoms with E-state index in [1.165, 1.54) is 0 Å². The zero-order valence-electron chi connectivity index (χ0n) is 45.8. The number of rotatable bonds is 25. The Kier molecular flexibility index (Phi) is 24.3. The van der Waals surface area contributed by atoms with E-state index < -0.39 is 48.4 Å². The van der Waals surface area contributed by atoms with Crippen LogP contribution in [-0.4, -0.2) is 135 Å². The molecule has 14 heteroatoms. The second-order valence-electron chi connectivity index (χ2n) is 20.9. The lowest BCUT2D eigenvalue weighted by Crippen LogP contribution is -2.51. The van der Waals surface area contributed by atoms with E-state index in [9.17, 15) is 9.59 Å². The zero-order valence-corrected chi connectivity index (χ0v) is 48.8. The van der Waals surface area contributed by atoms with E-state index in [0.29, 0.717) is 31.8 Å². The van der Waals surface area contributed by atoms with Gasteiger partial charge < -0.3 is 42.0 Å². The molecule has 10 atom stereocenters. The van der Waals surface area contributed by atoms with Crippen LogP contribution in [0.4, 0.5) is 4.79 Å². The van der Waals surface area contributed by atoms with Gasteiger partial charge in [-0.15, -0.1) is 0 Å². The maximum atomic E-state index is 14.2. The third kappa shape index (κ3) is 16.5. The summed E-state index contributed by atoms with van der Waals surface area (Å²) in [7, 11) is -2.17. The van der Waals surface area contributed by atoms with Gasteiger partial charge in [-0.1, -0.05) is 107 Å². The number of methoxy groups -OCH3 is 1. The van der Waals surface area contributed by atoms with Crippen molar-refractivity contribution < 1.29 is 41.8 Å². The Bertz CT molecular complexity index is 1570. The first kappa shape index (κ1) is 59.7. The number of carbonyl (C=O) groups is 2. The third-order valence-electron chi connectivity index (χ3n) is 16.8. The number of hydrogen-bond donors (Lipinski definition) is 0. The van der Waals surface area contributed by atoms with Crippen molar-refractivity contribution in [2.24, 2.45) is 11.8 Å². The van der Waals surface area contributed by atoms with Crippen LogP contribution in [0.25, 0.3) is 0 Å². The molecule has 0 aliphatic carbocycles. The predicted molar refractivity (Wildman–Crippen MR) is 283 cm³/mol. The van der Waals surface area contributed by atoms with Gasteiger partial charge in [0.25, 0.3) is 0 Å². The normalized spacial score (nSPS) is 28.8. The van der Waals surface area contributed by atoms with Crippen molar-refractivity contribution in [3.63, 3.8) is 0 Å². The molecule has 0 aromatic rings. The van der Waals surface area contributed by atoms with Crippen LogP contribution < -0.4 is 0 Å². The molecule has 0 saturated carbocycles. The first-order valence-corrected chi connectivity index (χ1v) is 34.4. The van der Waals surface area contributed by atoms with Gasteiger partial charge in [0.2, 0.25) is 0 Å². The van der Waals surface area contributed by atoms with E-state index >= 15 is 0 Å². The number of nitrogens with zero attached hydrogens (tertiary/aromatic N) is 2. The molecular formula is C53H100N2O9Si3. The molecule has 0 spiro atoms. The summed E-state index contributed by atoms with van der Waals surface area (Å²) in [5.41, 5.74) is -0.504. The first-order valence-electron chi connectivity index (χ1n) is 26.9. The minimum Gasteiger partial charge on any atom is -0.457 e. The second kappa shape index (κ2) is 27.3. The smallest absolute Gasteiger partial charge is 0.410 e. The second-order valence-corrected chi connectivity index (χ2v) is 35.1. The average Bonchev–Trinajstić information content (AvgIpc) is 4.10. The van der Waals surface area contributed by atoms with Crippen LogP contribution in [0.2, 0.25) is 54.4 Å². The van der Waals surface area contributed by atoms with Crippen LogP contribution in [-0.2, 0) is 37.0 Å². The lowest BCUT2D eigenvalue weighted by Gasteiger charge is -2.39. The number of hydrogen-bond acceptors (Lipinski definition) is 10. The molecule has 0 bridgehead atoms. The van der Waals surface area contributed by atoms with Crippen molar-refractivity contribution in [2.45, 2.75) is 238 Å². The van der Waals surface area contributed by atoms with Gasteiger partial charge in [0.05, 0.1) is 30.3 Å². The van der Waals surface area contributed by atoms with E-state index in [1.807, 2.05) is 26.0 Å². The number of likely N-dealkylation sites (N-methyl/N-ethyl adjacent to an activating group) is 1. The topological polar surface area (TPSA) is 109 Å². The van der Waals surface area contributed by atoms with Crippen LogP contribution >= 0.6 is 0 Å². The number of epoxide rings is 1. The number of piperazine rings is 1. The fourth-order valence-corrected chi connectivity index (χ4v) is 19.7. The quantitative estimate of drug-likeness (QED) is 0.0288. The fourth-order valence-electron chi connectivity index (χ4n) is 10.7. The summed E-state index contributed by atoms with van der Waals surface area (Å²) in [5, 5.41) is 0. The number of allylic oxidation sites excluding steroid dienone is 2. The van der Waals surface area contributed by atoms with E-state index in [-0.39, 0.29) is 48.8 Å². The zero-order chi connectivity index (χ0) is 50.2. The average molecular weight is 994 g/mol. The summed E-state index contributed by atoms with van der Waals surface area (Å²) < 4.78 is 47.2. The number of carbonyl (C=O) groups excluding carboxylic acids is 2. The van der Waals surface area contributed by atoms with Gasteiger partial charge in [-0.2, -0.15) is 0 Å². The van der Waals surface area contributed by atoms with E-state index in [4.69, 9.17) is 32.2 Å². The maximum absolute atomic E-state index is 14.2. The number of ether oxygens (including phenoxy) is 4. The number of esters is 1. The highest BCUT2D eigenvalue weighted by Gasteiger charge is 2.51. The van der Waals surface area contributed by atoms with Crippen molar-refractivity contribution >= 4 is 37.0 Å². The predicted octanol–water partition coefficient (Wildman–Crippen LogP) is 12.7. The molecule has 388 valence electrons. The largest absolute Gasteiger partial charge is 0.457 e. The minimum absolute atomic E-state index is 0.0872. The fraction of sp³-hybridized carbons (Fsp3) is 0.849. The lowest BCUT2D eigenvalue weighted by molar-refractivity contribution is -0.151. The van der Waals surface area contributed by atoms with Gasteiger partial charge >= 0.3 is 12.1 Å². The van der Waals surface area contributed by atoms with Crippen molar-refractivity contribution in [3.05, 3.63) is 36.0 Å². The van der Waals surface area contributed by atoms with Gasteiger partial charge in [0.1, 0.15) is 11.7 Å². The number of amides is 1. The summed E-state index contributed by atoms with van der Waals surface area (Å²) in [5.74, 6) is -0.225. The molecule has 1 amide bonds. The summed E-state index contributed by atoms with van der Waals surface area (Å²) in [4.78, 5) is 32.0. The van der Waals surface area contributed by atoms with Gasteiger partial charge in [-0.05, 0) is 113 Å². The Morgan fingerprint density at radius 2 is 1.46 bits per heavy atom. The van der Waals surface area contributed by atoms with Crippen molar-refractivity contribution in [1.29, 1.82) is 0 Å². The molecule has 0 radical (unpaired) electrons. The molecule has 2 fully saturated rings. The molecule has 11 nitrogen and oxygen atoms in total. The summed E-state index contributed by atoms with van der Waals surface area (Å²) in [6, 6.07) is 9.47.